The van der Waals surface area contributed by atoms with Crippen molar-refractivity contribution in [2.24, 2.45) is 5.92 Å². The largest absolute Gasteiger partial charge is 0.460 e. The van der Waals surface area contributed by atoms with Crippen molar-refractivity contribution in [1.82, 2.24) is 5.06 Å². The van der Waals surface area contributed by atoms with E-state index in [4.69, 9.17) is 19.0 Å². The van der Waals surface area contributed by atoms with Gasteiger partial charge in [0.15, 0.2) is 5.79 Å². The Hall–Kier alpha value is -1.47. The van der Waals surface area contributed by atoms with Gasteiger partial charge < -0.3 is 14.2 Å². The van der Waals surface area contributed by atoms with Crippen LogP contribution in [0, 0.1) is 5.92 Å². The van der Waals surface area contributed by atoms with Gasteiger partial charge in [-0.1, -0.05) is 30.3 Å². The van der Waals surface area contributed by atoms with Crippen LogP contribution in [0.2, 0.25) is 0 Å². The molecule has 0 aromatic heterocycles. The van der Waals surface area contributed by atoms with Crippen LogP contribution in [0.1, 0.15) is 32.8 Å². The molecule has 136 valence electrons. The van der Waals surface area contributed by atoms with E-state index in [-0.39, 0.29) is 36.2 Å². The number of benzene rings is 1. The highest BCUT2D eigenvalue weighted by Crippen LogP contribution is 2.45. The van der Waals surface area contributed by atoms with Gasteiger partial charge in [-0.05, 0) is 25.8 Å². The Kier molecular flexibility index (Phi) is 4.32. The van der Waals surface area contributed by atoms with E-state index in [1.807, 2.05) is 37.1 Å². The molecule has 5 atom stereocenters. The van der Waals surface area contributed by atoms with Crippen LogP contribution < -0.4 is 0 Å². The van der Waals surface area contributed by atoms with Crippen molar-refractivity contribution in [3.63, 3.8) is 0 Å². The minimum atomic E-state index is -0.691. The Labute approximate surface area is 147 Å². The summed E-state index contributed by atoms with van der Waals surface area (Å²) in [5, 5.41) is 2.02. The third-order valence-electron chi connectivity index (χ3n) is 5.17. The van der Waals surface area contributed by atoms with E-state index in [0.29, 0.717) is 13.2 Å². The van der Waals surface area contributed by atoms with E-state index < -0.39 is 5.79 Å². The van der Waals surface area contributed by atoms with E-state index in [0.717, 1.165) is 6.42 Å². The molecule has 0 amide bonds. The van der Waals surface area contributed by atoms with E-state index in [1.165, 1.54) is 12.5 Å². The maximum Gasteiger partial charge on any atom is 0.302 e. The molecular formula is C19H25NO5. The highest BCUT2D eigenvalue weighted by Gasteiger charge is 2.59. The van der Waals surface area contributed by atoms with Gasteiger partial charge in [0.1, 0.15) is 18.3 Å². The molecule has 2 saturated heterocycles. The lowest BCUT2D eigenvalue weighted by Gasteiger charge is -2.40. The average molecular weight is 347 g/mol. The zero-order valence-corrected chi connectivity index (χ0v) is 14.9. The molecule has 1 aromatic rings. The Morgan fingerprint density at radius 1 is 1.24 bits per heavy atom. The standard InChI is InChI=1S/C19H25NO5/c1-12(21)23-15-9-14-11-22-20(10-13-7-5-4-6-8-13)16(14)18-17(15)24-19(2,3)25-18/h4-8,14-18H,9-11H2,1-3H3/t14-,15-,16+,17-,18+/m0/s1. The molecule has 4 rings (SSSR count). The fourth-order valence-electron chi connectivity index (χ4n) is 4.29. The molecule has 1 aliphatic carbocycles. The molecule has 0 unspecified atom stereocenters. The van der Waals surface area contributed by atoms with Gasteiger partial charge in [-0.3, -0.25) is 9.63 Å². The summed E-state index contributed by atoms with van der Waals surface area (Å²) in [4.78, 5) is 17.5. The van der Waals surface area contributed by atoms with Gasteiger partial charge in [-0.25, -0.2) is 0 Å². The molecule has 1 aromatic carbocycles. The molecule has 2 heterocycles. The summed E-state index contributed by atoms with van der Waals surface area (Å²) in [7, 11) is 0. The second kappa shape index (κ2) is 6.36. The molecule has 0 N–H and O–H groups in total. The van der Waals surface area contributed by atoms with Crippen LogP contribution in [0.4, 0.5) is 0 Å². The van der Waals surface area contributed by atoms with Crippen molar-refractivity contribution in [1.29, 1.82) is 0 Å². The van der Waals surface area contributed by atoms with Crippen molar-refractivity contribution in [3.8, 4) is 0 Å². The molecule has 1 saturated carbocycles. The number of nitrogens with zero attached hydrogens (tertiary/aromatic N) is 1. The van der Waals surface area contributed by atoms with Crippen LogP contribution in [-0.4, -0.2) is 47.8 Å². The molecule has 3 fully saturated rings. The monoisotopic (exact) mass is 347 g/mol. The number of carbonyl (C=O) groups is 1. The van der Waals surface area contributed by atoms with Crippen LogP contribution in [0.5, 0.6) is 0 Å². The van der Waals surface area contributed by atoms with Gasteiger partial charge in [0, 0.05) is 19.4 Å². The van der Waals surface area contributed by atoms with Gasteiger partial charge in [0.2, 0.25) is 0 Å². The molecule has 0 bridgehead atoms. The summed E-state index contributed by atoms with van der Waals surface area (Å²) < 4.78 is 17.8. The Bertz CT molecular complexity index is 634. The Morgan fingerprint density at radius 3 is 2.68 bits per heavy atom. The lowest BCUT2D eigenvalue weighted by atomic mass is 9.79. The van der Waals surface area contributed by atoms with Gasteiger partial charge in [-0.2, -0.15) is 5.06 Å². The second-order valence-corrected chi connectivity index (χ2v) is 7.56. The van der Waals surface area contributed by atoms with Crippen molar-refractivity contribution in [3.05, 3.63) is 35.9 Å². The topological polar surface area (TPSA) is 57.2 Å². The van der Waals surface area contributed by atoms with Crippen LogP contribution in [0.25, 0.3) is 0 Å². The molecule has 3 aliphatic rings. The fraction of sp³-hybridized carbons (Fsp3) is 0.632. The maximum atomic E-state index is 11.5. The van der Waals surface area contributed by atoms with Crippen molar-refractivity contribution < 1.29 is 23.8 Å². The van der Waals surface area contributed by atoms with Crippen molar-refractivity contribution >= 4 is 5.97 Å². The van der Waals surface area contributed by atoms with Crippen LogP contribution >= 0.6 is 0 Å². The van der Waals surface area contributed by atoms with Crippen LogP contribution in [0.3, 0.4) is 0 Å². The fourth-order valence-corrected chi connectivity index (χ4v) is 4.29. The number of hydroxylamine groups is 2. The third-order valence-corrected chi connectivity index (χ3v) is 5.17. The predicted molar refractivity (Wildman–Crippen MR) is 89.2 cm³/mol. The maximum absolute atomic E-state index is 11.5. The van der Waals surface area contributed by atoms with E-state index in [1.54, 1.807) is 0 Å². The summed E-state index contributed by atoms with van der Waals surface area (Å²) in [6, 6.07) is 10.3. The lowest BCUT2D eigenvalue weighted by Crippen LogP contribution is -2.56. The van der Waals surface area contributed by atoms with Crippen LogP contribution in [0.15, 0.2) is 30.3 Å². The zero-order valence-electron chi connectivity index (χ0n) is 14.9. The first-order valence-corrected chi connectivity index (χ1v) is 8.89. The van der Waals surface area contributed by atoms with Crippen LogP contribution in [-0.2, 0) is 30.4 Å². The van der Waals surface area contributed by atoms with Gasteiger partial charge in [-0.15, -0.1) is 0 Å². The van der Waals surface area contributed by atoms with Gasteiger partial charge in [0.25, 0.3) is 0 Å². The molecule has 0 radical (unpaired) electrons. The third kappa shape index (κ3) is 3.31. The van der Waals surface area contributed by atoms with Gasteiger partial charge >= 0.3 is 5.97 Å². The molecule has 2 aliphatic heterocycles. The highest BCUT2D eigenvalue weighted by atomic mass is 16.8. The van der Waals surface area contributed by atoms with E-state index >= 15 is 0 Å². The highest BCUT2D eigenvalue weighted by molar-refractivity contribution is 5.66. The quantitative estimate of drug-likeness (QED) is 0.782. The van der Waals surface area contributed by atoms with E-state index in [9.17, 15) is 4.79 Å². The second-order valence-electron chi connectivity index (χ2n) is 7.56. The number of hydrogen-bond donors (Lipinski definition) is 0. The molecule has 25 heavy (non-hydrogen) atoms. The summed E-state index contributed by atoms with van der Waals surface area (Å²) in [5.74, 6) is -0.716. The first kappa shape index (κ1) is 17.0. The number of rotatable bonds is 3. The minimum absolute atomic E-state index is 0.0961. The number of ether oxygens (including phenoxy) is 3. The van der Waals surface area contributed by atoms with Crippen molar-refractivity contribution in [2.45, 2.75) is 63.9 Å². The minimum Gasteiger partial charge on any atom is -0.460 e. The predicted octanol–water partition coefficient (Wildman–Crippen LogP) is 2.27. The Balaban J connectivity index is 1.57. The first-order valence-electron chi connectivity index (χ1n) is 8.89. The molecular weight excluding hydrogens is 322 g/mol. The molecule has 6 heteroatoms. The number of carbonyl (C=O) groups excluding carboxylic acids is 1. The SMILES string of the molecule is CC(=O)O[C@H]1C[C@H]2CON(Cc3ccccc3)[C@H]2[C@H]2OC(C)(C)O[C@H]21. The number of hydrogen-bond acceptors (Lipinski definition) is 6. The first-order chi connectivity index (χ1) is 11.9. The lowest BCUT2D eigenvalue weighted by molar-refractivity contribution is -0.181. The number of fused-ring (bicyclic) bond motifs is 3. The molecule has 6 nitrogen and oxygen atoms in total. The Morgan fingerprint density at radius 2 is 1.96 bits per heavy atom. The summed E-state index contributed by atoms with van der Waals surface area (Å²) in [5.41, 5.74) is 1.19. The number of esters is 1. The molecule has 0 spiro atoms. The van der Waals surface area contributed by atoms with Crippen molar-refractivity contribution in [2.75, 3.05) is 6.61 Å². The smallest absolute Gasteiger partial charge is 0.302 e. The van der Waals surface area contributed by atoms with Gasteiger partial charge in [0.05, 0.1) is 12.6 Å². The normalized spacial score (nSPS) is 36.7. The average Bonchev–Trinajstić information content (AvgIpc) is 3.08. The van der Waals surface area contributed by atoms with E-state index in [2.05, 4.69) is 12.1 Å². The summed E-state index contributed by atoms with van der Waals surface area (Å²) in [6.45, 7) is 6.56. The summed E-state index contributed by atoms with van der Waals surface area (Å²) in [6.07, 6.45) is 0.00565. The zero-order chi connectivity index (χ0) is 17.6. The summed E-state index contributed by atoms with van der Waals surface area (Å²) >= 11 is 0.